The number of benzene rings is 1. The first-order chi connectivity index (χ1) is 10.7. The fourth-order valence-electron chi connectivity index (χ4n) is 1.75. The zero-order valence-corrected chi connectivity index (χ0v) is 12.7. The molecule has 2 aromatic rings. The summed E-state index contributed by atoms with van der Waals surface area (Å²) in [6, 6.07) is 7.88. The second-order valence-corrected chi connectivity index (χ2v) is 4.63. The highest BCUT2D eigenvalue weighted by molar-refractivity contribution is 5.93. The maximum atomic E-state index is 12.0. The molecular formula is C16H19N3O3. The van der Waals surface area contributed by atoms with E-state index in [1.807, 2.05) is 24.3 Å². The van der Waals surface area contributed by atoms with Crippen LogP contribution in [0.3, 0.4) is 0 Å². The number of methoxy groups -OCH3 is 1. The van der Waals surface area contributed by atoms with Crippen molar-refractivity contribution in [3.8, 4) is 11.8 Å². The van der Waals surface area contributed by atoms with Gasteiger partial charge in [-0.2, -0.15) is 0 Å². The standard InChI is InChI=1S/C16H19N3O3/c1-3-8-22-14-6-4-12(5-7-14)9-17-15(20)13-10-18-16(21-2)19-11-13/h4-7,10-11H,3,8-9H2,1-2H3,(H,17,20). The molecule has 1 aromatic heterocycles. The maximum Gasteiger partial charge on any atom is 0.316 e. The van der Waals surface area contributed by atoms with E-state index in [0.717, 1.165) is 17.7 Å². The van der Waals surface area contributed by atoms with E-state index in [2.05, 4.69) is 22.2 Å². The van der Waals surface area contributed by atoms with Crippen LogP contribution in [0.2, 0.25) is 0 Å². The van der Waals surface area contributed by atoms with Crippen LogP contribution in [0.4, 0.5) is 0 Å². The normalized spacial score (nSPS) is 10.1. The van der Waals surface area contributed by atoms with E-state index >= 15 is 0 Å². The Morgan fingerprint density at radius 3 is 2.45 bits per heavy atom. The first-order valence-corrected chi connectivity index (χ1v) is 7.09. The van der Waals surface area contributed by atoms with E-state index in [1.54, 1.807) is 0 Å². The van der Waals surface area contributed by atoms with Crippen LogP contribution in [0.25, 0.3) is 0 Å². The van der Waals surface area contributed by atoms with Crippen LogP contribution in [-0.4, -0.2) is 29.6 Å². The van der Waals surface area contributed by atoms with Gasteiger partial charge < -0.3 is 14.8 Å². The van der Waals surface area contributed by atoms with E-state index in [1.165, 1.54) is 19.5 Å². The number of hydrogen-bond donors (Lipinski definition) is 1. The minimum atomic E-state index is -0.228. The molecule has 0 aliphatic heterocycles. The number of hydrogen-bond acceptors (Lipinski definition) is 5. The van der Waals surface area contributed by atoms with E-state index in [0.29, 0.717) is 18.7 Å². The van der Waals surface area contributed by atoms with Crippen molar-refractivity contribution in [2.75, 3.05) is 13.7 Å². The summed E-state index contributed by atoms with van der Waals surface area (Å²) < 4.78 is 10.4. The highest BCUT2D eigenvalue weighted by Crippen LogP contribution is 2.12. The van der Waals surface area contributed by atoms with Crippen molar-refractivity contribution in [1.29, 1.82) is 0 Å². The maximum absolute atomic E-state index is 12.0. The molecule has 0 spiro atoms. The number of rotatable bonds is 7. The molecule has 1 amide bonds. The van der Waals surface area contributed by atoms with Crippen LogP contribution in [0.5, 0.6) is 11.8 Å². The molecule has 0 saturated heterocycles. The second kappa shape index (κ2) is 7.97. The van der Waals surface area contributed by atoms with Gasteiger partial charge in [-0.25, -0.2) is 9.97 Å². The van der Waals surface area contributed by atoms with Crippen LogP contribution in [0, 0.1) is 0 Å². The molecule has 0 radical (unpaired) electrons. The van der Waals surface area contributed by atoms with Crippen molar-refractivity contribution in [2.24, 2.45) is 0 Å². The van der Waals surface area contributed by atoms with Crippen molar-refractivity contribution < 1.29 is 14.3 Å². The van der Waals surface area contributed by atoms with Crippen molar-refractivity contribution in [3.63, 3.8) is 0 Å². The number of amides is 1. The number of nitrogens with one attached hydrogen (secondary N) is 1. The predicted octanol–water partition coefficient (Wildman–Crippen LogP) is 2.20. The summed E-state index contributed by atoms with van der Waals surface area (Å²) in [6.45, 7) is 3.19. The smallest absolute Gasteiger partial charge is 0.316 e. The average molecular weight is 301 g/mol. The molecule has 1 N–H and O–H groups in total. The minimum absolute atomic E-state index is 0.228. The lowest BCUT2D eigenvalue weighted by molar-refractivity contribution is 0.0950. The van der Waals surface area contributed by atoms with Crippen LogP contribution >= 0.6 is 0 Å². The van der Waals surface area contributed by atoms with Gasteiger partial charge in [0.2, 0.25) is 0 Å². The van der Waals surface area contributed by atoms with Gasteiger partial charge in [-0.05, 0) is 24.1 Å². The number of carbonyl (C=O) groups excluding carboxylic acids is 1. The molecule has 2 rings (SSSR count). The van der Waals surface area contributed by atoms with Crippen LogP contribution in [0.1, 0.15) is 29.3 Å². The highest BCUT2D eigenvalue weighted by Gasteiger charge is 2.07. The summed E-state index contributed by atoms with van der Waals surface area (Å²) >= 11 is 0. The Hall–Kier alpha value is -2.63. The van der Waals surface area contributed by atoms with Gasteiger partial charge in [-0.3, -0.25) is 4.79 Å². The summed E-state index contributed by atoms with van der Waals surface area (Å²) in [4.78, 5) is 19.8. The lowest BCUT2D eigenvalue weighted by Crippen LogP contribution is -2.23. The summed E-state index contributed by atoms with van der Waals surface area (Å²) in [6.07, 6.45) is 3.84. The Balaban J connectivity index is 1.87. The number of aromatic nitrogens is 2. The Morgan fingerprint density at radius 2 is 1.86 bits per heavy atom. The van der Waals surface area contributed by atoms with Gasteiger partial charge in [0.1, 0.15) is 5.75 Å². The third-order valence-electron chi connectivity index (χ3n) is 2.92. The fraction of sp³-hybridized carbons (Fsp3) is 0.312. The molecule has 0 saturated carbocycles. The van der Waals surface area contributed by atoms with Gasteiger partial charge >= 0.3 is 6.01 Å². The fourth-order valence-corrected chi connectivity index (χ4v) is 1.75. The largest absolute Gasteiger partial charge is 0.494 e. The first-order valence-electron chi connectivity index (χ1n) is 7.09. The molecule has 1 aromatic carbocycles. The molecule has 116 valence electrons. The number of carbonyl (C=O) groups is 1. The van der Waals surface area contributed by atoms with Crippen LogP contribution < -0.4 is 14.8 Å². The van der Waals surface area contributed by atoms with E-state index in [9.17, 15) is 4.79 Å². The third-order valence-corrected chi connectivity index (χ3v) is 2.92. The lowest BCUT2D eigenvalue weighted by Gasteiger charge is -2.07. The molecule has 6 heteroatoms. The van der Waals surface area contributed by atoms with Gasteiger partial charge in [-0.1, -0.05) is 19.1 Å². The van der Waals surface area contributed by atoms with Crippen molar-refractivity contribution in [1.82, 2.24) is 15.3 Å². The predicted molar refractivity (Wildman–Crippen MR) is 82.0 cm³/mol. The van der Waals surface area contributed by atoms with Crippen LogP contribution in [0.15, 0.2) is 36.7 Å². The zero-order chi connectivity index (χ0) is 15.8. The first kappa shape index (κ1) is 15.8. The lowest BCUT2D eigenvalue weighted by atomic mass is 10.2. The van der Waals surface area contributed by atoms with Crippen LogP contribution in [-0.2, 0) is 6.54 Å². The summed E-state index contributed by atoms with van der Waals surface area (Å²) in [5.41, 5.74) is 1.38. The molecule has 0 unspecified atom stereocenters. The molecule has 0 fully saturated rings. The van der Waals surface area contributed by atoms with E-state index in [4.69, 9.17) is 9.47 Å². The van der Waals surface area contributed by atoms with Gasteiger partial charge in [0.15, 0.2) is 0 Å². The van der Waals surface area contributed by atoms with E-state index < -0.39 is 0 Å². The Bertz CT molecular complexity index is 597. The molecule has 0 aliphatic carbocycles. The average Bonchev–Trinajstić information content (AvgIpc) is 2.58. The molecule has 0 atom stereocenters. The van der Waals surface area contributed by atoms with Crippen molar-refractivity contribution in [3.05, 3.63) is 47.8 Å². The molecular weight excluding hydrogens is 282 g/mol. The van der Waals surface area contributed by atoms with Gasteiger partial charge in [0.25, 0.3) is 5.91 Å². The summed E-state index contributed by atoms with van der Waals surface area (Å²) in [5.74, 6) is 0.606. The Kier molecular flexibility index (Phi) is 5.71. The SMILES string of the molecule is CCCOc1ccc(CNC(=O)c2cnc(OC)nc2)cc1. The number of nitrogens with zero attached hydrogens (tertiary/aromatic N) is 2. The highest BCUT2D eigenvalue weighted by atomic mass is 16.5. The van der Waals surface area contributed by atoms with Crippen molar-refractivity contribution >= 4 is 5.91 Å². The topological polar surface area (TPSA) is 73.3 Å². The summed E-state index contributed by atoms with van der Waals surface area (Å²) in [5, 5.41) is 2.81. The molecule has 0 aliphatic rings. The quantitative estimate of drug-likeness (QED) is 0.848. The van der Waals surface area contributed by atoms with Gasteiger partial charge in [0.05, 0.1) is 19.3 Å². The van der Waals surface area contributed by atoms with Crippen molar-refractivity contribution in [2.45, 2.75) is 19.9 Å². The van der Waals surface area contributed by atoms with Gasteiger partial charge in [0, 0.05) is 18.9 Å². The number of ether oxygens (including phenoxy) is 2. The van der Waals surface area contributed by atoms with E-state index in [-0.39, 0.29) is 11.9 Å². The molecule has 6 nitrogen and oxygen atoms in total. The third kappa shape index (κ3) is 4.44. The Morgan fingerprint density at radius 1 is 1.18 bits per heavy atom. The summed E-state index contributed by atoms with van der Waals surface area (Å²) in [7, 11) is 1.48. The Labute approximate surface area is 129 Å². The van der Waals surface area contributed by atoms with Gasteiger partial charge in [-0.15, -0.1) is 0 Å². The molecule has 1 heterocycles. The second-order valence-electron chi connectivity index (χ2n) is 4.63. The zero-order valence-electron chi connectivity index (χ0n) is 12.7. The molecule has 22 heavy (non-hydrogen) atoms. The monoisotopic (exact) mass is 301 g/mol. The minimum Gasteiger partial charge on any atom is -0.494 e. The molecule has 0 bridgehead atoms.